The first-order chi connectivity index (χ1) is 7.77. The van der Waals surface area contributed by atoms with Crippen LogP contribution in [0.25, 0.3) is 0 Å². The van der Waals surface area contributed by atoms with Crippen LogP contribution in [0.5, 0.6) is 0 Å². The summed E-state index contributed by atoms with van der Waals surface area (Å²) in [6.07, 6.45) is 1.10. The van der Waals surface area contributed by atoms with Gasteiger partial charge in [-0.15, -0.1) is 24.0 Å². The van der Waals surface area contributed by atoms with E-state index in [0.717, 1.165) is 25.5 Å². The van der Waals surface area contributed by atoms with Crippen molar-refractivity contribution in [3.05, 3.63) is 35.4 Å². The first kappa shape index (κ1) is 16.2. The molecule has 2 N–H and O–H groups in total. The van der Waals surface area contributed by atoms with Crippen LogP contribution in [0, 0.1) is 6.92 Å². The Hall–Kier alpha value is -0.780. The Morgan fingerprint density at radius 3 is 2.53 bits per heavy atom. The number of guanidine groups is 1. The third kappa shape index (κ3) is 5.91. The normalized spacial score (nSPS) is 10.6. The van der Waals surface area contributed by atoms with Gasteiger partial charge in [0.1, 0.15) is 0 Å². The molecule has 0 unspecified atom stereocenters. The summed E-state index contributed by atoms with van der Waals surface area (Å²) in [6, 6.07) is 8.38. The number of nitrogens with zero attached hydrogens (tertiary/aromatic N) is 1. The fraction of sp³-hybridized carbons (Fsp3) is 0.462. The number of aryl methyl sites for hydroxylation is 1. The summed E-state index contributed by atoms with van der Waals surface area (Å²) in [7, 11) is 1.79. The lowest BCUT2D eigenvalue weighted by Gasteiger charge is -2.12. The maximum atomic E-state index is 4.16. The first-order valence-electron chi connectivity index (χ1n) is 5.77. The van der Waals surface area contributed by atoms with Gasteiger partial charge in [0.2, 0.25) is 0 Å². The number of hydrogen-bond acceptors (Lipinski definition) is 1. The van der Waals surface area contributed by atoms with Crippen LogP contribution in [0.3, 0.4) is 0 Å². The molecule has 4 heteroatoms. The molecular weight excluding hydrogens is 325 g/mol. The molecule has 17 heavy (non-hydrogen) atoms. The molecule has 0 spiro atoms. The van der Waals surface area contributed by atoms with Crippen molar-refractivity contribution in [1.29, 1.82) is 0 Å². The molecule has 3 nitrogen and oxygen atoms in total. The van der Waals surface area contributed by atoms with Crippen molar-refractivity contribution in [2.45, 2.75) is 26.8 Å². The smallest absolute Gasteiger partial charge is 0.191 e. The minimum absolute atomic E-state index is 0. The SMILES string of the molecule is CCCNC(=NC)NCc1ccccc1C.I. The van der Waals surface area contributed by atoms with Gasteiger partial charge in [0.05, 0.1) is 0 Å². The molecule has 0 saturated heterocycles. The fourth-order valence-corrected chi connectivity index (χ4v) is 1.45. The Morgan fingerprint density at radius 2 is 1.94 bits per heavy atom. The predicted octanol–water partition coefficient (Wildman–Crippen LogP) is 2.69. The number of benzene rings is 1. The molecule has 0 radical (unpaired) electrons. The van der Waals surface area contributed by atoms with Gasteiger partial charge in [-0.05, 0) is 24.5 Å². The van der Waals surface area contributed by atoms with E-state index in [1.807, 2.05) is 0 Å². The minimum Gasteiger partial charge on any atom is -0.356 e. The van der Waals surface area contributed by atoms with E-state index in [1.165, 1.54) is 11.1 Å². The highest BCUT2D eigenvalue weighted by atomic mass is 127. The van der Waals surface area contributed by atoms with Gasteiger partial charge in [-0.25, -0.2) is 0 Å². The van der Waals surface area contributed by atoms with Gasteiger partial charge < -0.3 is 10.6 Å². The Balaban J connectivity index is 0.00000256. The third-order valence-corrected chi connectivity index (χ3v) is 2.47. The van der Waals surface area contributed by atoms with Gasteiger partial charge in [-0.3, -0.25) is 4.99 Å². The largest absolute Gasteiger partial charge is 0.356 e. The second kappa shape index (κ2) is 9.27. The average molecular weight is 347 g/mol. The number of hydrogen-bond donors (Lipinski definition) is 2. The highest BCUT2D eigenvalue weighted by molar-refractivity contribution is 14.0. The summed E-state index contributed by atoms with van der Waals surface area (Å²) >= 11 is 0. The molecule has 0 aliphatic heterocycles. The summed E-state index contributed by atoms with van der Waals surface area (Å²) in [6.45, 7) is 6.03. The molecule has 1 aromatic rings. The average Bonchev–Trinajstić information content (AvgIpc) is 2.31. The zero-order chi connectivity index (χ0) is 11.8. The Bertz CT molecular complexity index is 350. The van der Waals surface area contributed by atoms with Crippen LogP contribution in [0.1, 0.15) is 24.5 Å². The Morgan fingerprint density at radius 1 is 1.24 bits per heavy atom. The molecule has 0 atom stereocenters. The molecule has 0 amide bonds. The molecule has 1 rings (SSSR count). The van der Waals surface area contributed by atoms with E-state index >= 15 is 0 Å². The molecule has 96 valence electrons. The number of nitrogens with one attached hydrogen (secondary N) is 2. The predicted molar refractivity (Wildman–Crippen MR) is 85.1 cm³/mol. The number of aliphatic imine (C=N–C) groups is 1. The maximum absolute atomic E-state index is 4.16. The van der Waals surface area contributed by atoms with E-state index in [9.17, 15) is 0 Å². The maximum Gasteiger partial charge on any atom is 0.191 e. The summed E-state index contributed by atoms with van der Waals surface area (Å²) in [5.74, 6) is 0.866. The minimum atomic E-state index is 0. The van der Waals surface area contributed by atoms with Crippen LogP contribution in [-0.2, 0) is 6.54 Å². The summed E-state index contributed by atoms with van der Waals surface area (Å²) < 4.78 is 0. The van der Waals surface area contributed by atoms with E-state index in [4.69, 9.17) is 0 Å². The van der Waals surface area contributed by atoms with Crippen LogP contribution in [0.2, 0.25) is 0 Å². The molecular formula is C13H22IN3. The Labute approximate surface area is 121 Å². The highest BCUT2D eigenvalue weighted by Gasteiger charge is 1.99. The quantitative estimate of drug-likeness (QED) is 0.499. The summed E-state index contributed by atoms with van der Waals surface area (Å²) in [5.41, 5.74) is 2.61. The Kier molecular flexibility index (Phi) is 8.85. The van der Waals surface area contributed by atoms with Crippen molar-refractivity contribution in [2.24, 2.45) is 4.99 Å². The van der Waals surface area contributed by atoms with Gasteiger partial charge in [0.25, 0.3) is 0 Å². The zero-order valence-electron chi connectivity index (χ0n) is 10.8. The highest BCUT2D eigenvalue weighted by Crippen LogP contribution is 2.05. The van der Waals surface area contributed by atoms with Crippen molar-refractivity contribution >= 4 is 29.9 Å². The monoisotopic (exact) mass is 347 g/mol. The number of halogens is 1. The number of rotatable bonds is 4. The van der Waals surface area contributed by atoms with Crippen LogP contribution >= 0.6 is 24.0 Å². The van der Waals surface area contributed by atoms with Gasteiger partial charge in [-0.1, -0.05) is 31.2 Å². The molecule has 0 aromatic heterocycles. The molecule has 1 aromatic carbocycles. The third-order valence-electron chi connectivity index (χ3n) is 2.47. The molecule has 0 fully saturated rings. The second-order valence-corrected chi connectivity index (χ2v) is 3.78. The molecule has 0 saturated carbocycles. The van der Waals surface area contributed by atoms with Crippen LogP contribution in [0.4, 0.5) is 0 Å². The lowest BCUT2D eigenvalue weighted by Crippen LogP contribution is -2.37. The topological polar surface area (TPSA) is 36.4 Å². The lowest BCUT2D eigenvalue weighted by molar-refractivity contribution is 0.780. The van der Waals surface area contributed by atoms with Crippen molar-refractivity contribution in [1.82, 2.24) is 10.6 Å². The lowest BCUT2D eigenvalue weighted by atomic mass is 10.1. The first-order valence-corrected chi connectivity index (χ1v) is 5.77. The molecule has 0 aliphatic rings. The molecule has 0 heterocycles. The van der Waals surface area contributed by atoms with Crippen molar-refractivity contribution in [2.75, 3.05) is 13.6 Å². The fourth-order valence-electron chi connectivity index (χ4n) is 1.45. The van der Waals surface area contributed by atoms with Gasteiger partial charge >= 0.3 is 0 Å². The summed E-state index contributed by atoms with van der Waals surface area (Å²) in [4.78, 5) is 4.16. The van der Waals surface area contributed by atoms with Crippen molar-refractivity contribution in [3.63, 3.8) is 0 Å². The van der Waals surface area contributed by atoms with E-state index in [0.29, 0.717) is 0 Å². The second-order valence-electron chi connectivity index (χ2n) is 3.78. The summed E-state index contributed by atoms with van der Waals surface area (Å²) in [5, 5.41) is 6.55. The van der Waals surface area contributed by atoms with E-state index in [1.54, 1.807) is 7.05 Å². The van der Waals surface area contributed by atoms with E-state index in [2.05, 4.69) is 53.7 Å². The van der Waals surface area contributed by atoms with Gasteiger partial charge in [-0.2, -0.15) is 0 Å². The van der Waals surface area contributed by atoms with Gasteiger partial charge in [0.15, 0.2) is 5.96 Å². The van der Waals surface area contributed by atoms with E-state index in [-0.39, 0.29) is 24.0 Å². The van der Waals surface area contributed by atoms with Crippen molar-refractivity contribution in [3.8, 4) is 0 Å². The molecule has 0 bridgehead atoms. The van der Waals surface area contributed by atoms with E-state index < -0.39 is 0 Å². The van der Waals surface area contributed by atoms with Crippen LogP contribution in [-0.4, -0.2) is 19.6 Å². The molecule has 0 aliphatic carbocycles. The van der Waals surface area contributed by atoms with Crippen LogP contribution in [0.15, 0.2) is 29.3 Å². The van der Waals surface area contributed by atoms with Crippen molar-refractivity contribution < 1.29 is 0 Å². The zero-order valence-corrected chi connectivity index (χ0v) is 13.1. The van der Waals surface area contributed by atoms with Crippen LogP contribution < -0.4 is 10.6 Å². The van der Waals surface area contributed by atoms with Gasteiger partial charge in [0, 0.05) is 20.1 Å². The standard InChI is InChI=1S/C13H21N3.HI/c1-4-9-15-13(14-3)16-10-12-8-6-5-7-11(12)2;/h5-8H,4,9-10H2,1-3H3,(H2,14,15,16);1H.